The summed E-state index contributed by atoms with van der Waals surface area (Å²) in [6.07, 6.45) is 3.80. The first-order valence-electron chi connectivity index (χ1n) is 9.62. The molecule has 2 heterocycles. The topological polar surface area (TPSA) is 52.6 Å². The predicted molar refractivity (Wildman–Crippen MR) is 107 cm³/mol. The van der Waals surface area contributed by atoms with Gasteiger partial charge in [0.1, 0.15) is 0 Å². The summed E-state index contributed by atoms with van der Waals surface area (Å²) in [6.45, 7) is 2.44. The molecule has 0 spiro atoms. The van der Waals surface area contributed by atoms with Crippen LogP contribution in [0.3, 0.4) is 0 Å². The Morgan fingerprint density at radius 1 is 1.26 bits per heavy atom. The molecule has 4 rings (SSSR count). The van der Waals surface area contributed by atoms with Crippen LogP contribution in [0.1, 0.15) is 24.3 Å². The lowest BCUT2D eigenvalue weighted by Crippen LogP contribution is -2.45. The van der Waals surface area contributed by atoms with E-state index < -0.39 is 0 Å². The van der Waals surface area contributed by atoms with E-state index in [1.807, 2.05) is 4.90 Å². The number of nitrogens with zero attached hydrogens (tertiary/aromatic N) is 3. The van der Waals surface area contributed by atoms with Crippen LogP contribution >= 0.6 is 0 Å². The Kier molecular flexibility index (Phi) is 5.23. The van der Waals surface area contributed by atoms with E-state index in [2.05, 4.69) is 50.9 Å². The number of benzene rings is 1. The molecule has 0 bridgehead atoms. The Balaban J connectivity index is 1.25. The zero-order valence-corrected chi connectivity index (χ0v) is 15.6. The van der Waals surface area contributed by atoms with Gasteiger partial charge in [0.25, 0.3) is 0 Å². The number of guanidine groups is 1. The molecule has 1 saturated carbocycles. The number of nitrogens with one attached hydrogen (secondary N) is 2. The highest BCUT2D eigenvalue weighted by molar-refractivity contribution is 5.80. The molecular formula is C21H26FN5. The highest BCUT2D eigenvalue weighted by Crippen LogP contribution is 2.46. The van der Waals surface area contributed by atoms with Crippen molar-refractivity contribution in [2.75, 3.05) is 31.6 Å². The molecule has 27 heavy (non-hydrogen) atoms. The number of rotatable bonds is 5. The third-order valence-corrected chi connectivity index (χ3v) is 5.47. The molecule has 142 valence electrons. The fourth-order valence-electron chi connectivity index (χ4n) is 3.88. The lowest BCUT2D eigenvalue weighted by molar-refractivity contribution is 0.611. The van der Waals surface area contributed by atoms with Gasteiger partial charge in [-0.1, -0.05) is 30.3 Å². The minimum atomic E-state index is -0.263. The summed E-state index contributed by atoms with van der Waals surface area (Å²) in [5.74, 6) is 2.32. The number of anilines is 1. The Hall–Kier alpha value is -2.63. The van der Waals surface area contributed by atoms with Crippen molar-refractivity contribution in [1.29, 1.82) is 0 Å². The monoisotopic (exact) mass is 367 g/mol. The van der Waals surface area contributed by atoms with Gasteiger partial charge < -0.3 is 15.5 Å². The molecule has 3 unspecified atom stereocenters. The van der Waals surface area contributed by atoms with E-state index in [1.165, 1.54) is 18.1 Å². The first-order valence-corrected chi connectivity index (χ1v) is 9.62. The highest BCUT2D eigenvalue weighted by atomic mass is 19.1. The van der Waals surface area contributed by atoms with E-state index in [0.717, 1.165) is 32.0 Å². The van der Waals surface area contributed by atoms with Gasteiger partial charge in [0.05, 0.1) is 0 Å². The minimum Gasteiger partial charge on any atom is -0.356 e. The number of hydrogen-bond donors (Lipinski definition) is 2. The second-order valence-electron chi connectivity index (χ2n) is 7.35. The van der Waals surface area contributed by atoms with Crippen LogP contribution in [0.5, 0.6) is 0 Å². The first-order chi connectivity index (χ1) is 13.2. The van der Waals surface area contributed by atoms with Gasteiger partial charge in [-0.2, -0.15) is 0 Å². The number of aromatic nitrogens is 1. The molecule has 6 heteroatoms. The molecule has 2 N–H and O–H groups in total. The van der Waals surface area contributed by atoms with Crippen molar-refractivity contribution in [3.63, 3.8) is 0 Å². The third kappa shape index (κ3) is 4.21. The maximum absolute atomic E-state index is 13.9. The van der Waals surface area contributed by atoms with E-state index in [9.17, 15) is 4.39 Å². The zero-order valence-electron chi connectivity index (χ0n) is 15.6. The van der Waals surface area contributed by atoms with Gasteiger partial charge in [0, 0.05) is 38.9 Å². The fourth-order valence-corrected chi connectivity index (χ4v) is 3.88. The molecule has 1 aliphatic heterocycles. The zero-order chi connectivity index (χ0) is 18.6. The van der Waals surface area contributed by atoms with Gasteiger partial charge in [0.2, 0.25) is 0 Å². The summed E-state index contributed by atoms with van der Waals surface area (Å²) in [6, 6.07) is 14.0. The van der Waals surface area contributed by atoms with Crippen LogP contribution in [-0.2, 0) is 0 Å². The maximum Gasteiger partial charge on any atom is 0.191 e. The smallest absolute Gasteiger partial charge is 0.191 e. The second-order valence-corrected chi connectivity index (χ2v) is 7.35. The van der Waals surface area contributed by atoms with Crippen LogP contribution in [0, 0.1) is 11.7 Å². The van der Waals surface area contributed by atoms with Gasteiger partial charge in [-0.15, -0.1) is 0 Å². The van der Waals surface area contributed by atoms with E-state index in [1.54, 1.807) is 19.3 Å². The first kappa shape index (κ1) is 17.8. The van der Waals surface area contributed by atoms with Crippen LogP contribution < -0.4 is 15.5 Å². The molecule has 2 aliphatic rings. The summed E-state index contributed by atoms with van der Waals surface area (Å²) in [5, 5.41) is 6.92. The highest BCUT2D eigenvalue weighted by Gasteiger charge is 2.38. The molecule has 1 aromatic heterocycles. The van der Waals surface area contributed by atoms with E-state index in [-0.39, 0.29) is 11.9 Å². The van der Waals surface area contributed by atoms with E-state index in [4.69, 9.17) is 0 Å². The van der Waals surface area contributed by atoms with Gasteiger partial charge >= 0.3 is 0 Å². The summed E-state index contributed by atoms with van der Waals surface area (Å²) in [5.41, 5.74) is 1.43. The molecule has 0 amide bonds. The van der Waals surface area contributed by atoms with Crippen LogP contribution in [0.2, 0.25) is 0 Å². The summed E-state index contributed by atoms with van der Waals surface area (Å²) >= 11 is 0. The third-order valence-electron chi connectivity index (χ3n) is 5.47. The van der Waals surface area contributed by atoms with Crippen LogP contribution in [-0.4, -0.2) is 43.7 Å². The van der Waals surface area contributed by atoms with Crippen LogP contribution in [0.25, 0.3) is 0 Å². The number of hydrogen-bond acceptors (Lipinski definition) is 3. The van der Waals surface area contributed by atoms with Gasteiger partial charge in [-0.3, -0.25) is 4.99 Å². The SMILES string of the molecule is CN=C(NCC1CC1c1ccccc1)NC1CCN(c2ncccc2F)C1. The summed E-state index contributed by atoms with van der Waals surface area (Å²) in [7, 11) is 1.79. The quantitative estimate of drug-likeness (QED) is 0.630. The lowest BCUT2D eigenvalue weighted by atomic mass is 10.1. The van der Waals surface area contributed by atoms with Crippen molar-refractivity contribution >= 4 is 11.8 Å². The van der Waals surface area contributed by atoms with Gasteiger partial charge in [0.15, 0.2) is 17.6 Å². The normalized spacial score (nSPS) is 24.7. The molecule has 1 aromatic carbocycles. The molecule has 1 saturated heterocycles. The van der Waals surface area contributed by atoms with Gasteiger partial charge in [-0.25, -0.2) is 9.37 Å². The Bertz CT molecular complexity index is 794. The minimum absolute atomic E-state index is 0.238. The van der Waals surface area contributed by atoms with Crippen molar-refractivity contribution in [3.05, 3.63) is 60.0 Å². The second kappa shape index (κ2) is 7.94. The standard InChI is InChI=1S/C21H26FN5/c1-23-21(25-13-16-12-18(16)15-6-3-2-4-7-15)26-17-9-11-27(14-17)20-19(22)8-5-10-24-20/h2-8,10,16-18H,9,11-14H2,1H3,(H2,23,25,26). The molecular weight excluding hydrogens is 341 g/mol. The van der Waals surface area contributed by atoms with Crippen molar-refractivity contribution in [2.45, 2.75) is 24.8 Å². The van der Waals surface area contributed by atoms with Gasteiger partial charge in [-0.05, 0) is 42.4 Å². The Morgan fingerprint density at radius 3 is 2.89 bits per heavy atom. The predicted octanol–water partition coefficient (Wildman–Crippen LogP) is 2.77. The van der Waals surface area contributed by atoms with Crippen molar-refractivity contribution in [3.8, 4) is 0 Å². The lowest BCUT2D eigenvalue weighted by Gasteiger charge is -2.20. The number of pyridine rings is 1. The molecule has 5 nitrogen and oxygen atoms in total. The molecule has 2 aromatic rings. The van der Waals surface area contributed by atoms with E-state index in [0.29, 0.717) is 17.7 Å². The molecule has 1 aliphatic carbocycles. The number of halogens is 1. The summed E-state index contributed by atoms with van der Waals surface area (Å²) < 4.78 is 13.9. The van der Waals surface area contributed by atoms with Crippen molar-refractivity contribution in [2.24, 2.45) is 10.9 Å². The molecule has 3 atom stereocenters. The largest absolute Gasteiger partial charge is 0.356 e. The average Bonchev–Trinajstić information content (AvgIpc) is 3.34. The number of aliphatic imine (C=N–C) groups is 1. The molecule has 0 radical (unpaired) electrons. The fraction of sp³-hybridized carbons (Fsp3) is 0.429. The average molecular weight is 367 g/mol. The van der Waals surface area contributed by atoms with Crippen molar-refractivity contribution in [1.82, 2.24) is 15.6 Å². The maximum atomic E-state index is 13.9. The Labute approximate surface area is 159 Å². The molecule has 2 fully saturated rings. The van der Waals surface area contributed by atoms with Crippen molar-refractivity contribution < 1.29 is 4.39 Å². The Morgan fingerprint density at radius 2 is 2.11 bits per heavy atom. The van der Waals surface area contributed by atoms with Crippen LogP contribution in [0.4, 0.5) is 10.2 Å². The summed E-state index contributed by atoms with van der Waals surface area (Å²) in [4.78, 5) is 10.5. The van der Waals surface area contributed by atoms with Crippen LogP contribution in [0.15, 0.2) is 53.7 Å². The van der Waals surface area contributed by atoms with E-state index >= 15 is 0 Å².